The van der Waals surface area contributed by atoms with Gasteiger partial charge in [0.15, 0.2) is 12.4 Å². The van der Waals surface area contributed by atoms with Crippen LogP contribution in [0.2, 0.25) is 15.1 Å². The van der Waals surface area contributed by atoms with E-state index in [1.807, 2.05) is 0 Å². The van der Waals surface area contributed by atoms with Crippen LogP contribution in [-0.4, -0.2) is 30.4 Å². The fourth-order valence-electron chi connectivity index (χ4n) is 4.57. The van der Waals surface area contributed by atoms with E-state index in [1.165, 1.54) is 12.1 Å². The molecule has 2 aromatic rings. The molecule has 0 aliphatic heterocycles. The third kappa shape index (κ3) is 4.92. The van der Waals surface area contributed by atoms with Crippen molar-refractivity contribution in [1.29, 1.82) is 0 Å². The highest BCUT2D eigenvalue weighted by molar-refractivity contribution is 6.42. The van der Waals surface area contributed by atoms with Crippen LogP contribution in [0.3, 0.4) is 0 Å². The lowest BCUT2D eigenvalue weighted by Crippen LogP contribution is -2.75. The number of amides is 1. The molecule has 0 atom stereocenters. The molecule has 5 rings (SSSR count). The first kappa shape index (κ1) is 22.2. The molecule has 5 nitrogen and oxygen atoms in total. The van der Waals surface area contributed by atoms with E-state index in [-0.39, 0.29) is 46.6 Å². The molecular formula is C22H19Cl3FNO4. The number of halogens is 4. The minimum atomic E-state index is -0.603. The molecule has 3 aliphatic carbocycles. The van der Waals surface area contributed by atoms with Crippen LogP contribution >= 0.6 is 34.8 Å². The zero-order chi connectivity index (χ0) is 22.2. The lowest BCUT2D eigenvalue weighted by molar-refractivity contribution is -0.173. The van der Waals surface area contributed by atoms with E-state index in [2.05, 4.69) is 5.32 Å². The smallest absolute Gasteiger partial charge is 0.258 e. The van der Waals surface area contributed by atoms with Crippen molar-refractivity contribution in [2.75, 3.05) is 13.2 Å². The van der Waals surface area contributed by atoms with Gasteiger partial charge in [0.1, 0.15) is 23.9 Å². The molecule has 1 N–H and O–H groups in total. The number of benzene rings is 2. The first-order chi connectivity index (χ1) is 14.7. The average molecular weight is 487 g/mol. The molecule has 0 saturated heterocycles. The van der Waals surface area contributed by atoms with Crippen molar-refractivity contribution < 1.29 is 23.5 Å². The molecule has 9 heteroatoms. The van der Waals surface area contributed by atoms with Gasteiger partial charge in [-0.25, -0.2) is 4.39 Å². The molecule has 3 aliphatic rings. The molecule has 2 aromatic carbocycles. The van der Waals surface area contributed by atoms with Crippen molar-refractivity contribution in [1.82, 2.24) is 5.32 Å². The van der Waals surface area contributed by atoms with Gasteiger partial charge in [0, 0.05) is 24.1 Å². The fraction of sp³-hybridized carbons (Fsp3) is 0.364. The second kappa shape index (κ2) is 8.49. The Morgan fingerprint density at radius 3 is 2.16 bits per heavy atom. The molecule has 0 heterocycles. The van der Waals surface area contributed by atoms with E-state index in [0.717, 1.165) is 25.3 Å². The number of carbonyl (C=O) groups is 2. The lowest BCUT2D eigenvalue weighted by atomic mass is 9.38. The van der Waals surface area contributed by atoms with E-state index in [9.17, 15) is 14.0 Å². The Bertz CT molecular complexity index is 946. The molecule has 3 fully saturated rings. The van der Waals surface area contributed by atoms with Crippen LogP contribution in [0.25, 0.3) is 0 Å². The van der Waals surface area contributed by atoms with E-state index in [0.29, 0.717) is 22.2 Å². The average Bonchev–Trinajstić information content (AvgIpc) is 2.67. The van der Waals surface area contributed by atoms with Crippen molar-refractivity contribution >= 4 is 46.5 Å². The molecular weight excluding hydrogens is 468 g/mol. The first-order valence-electron chi connectivity index (χ1n) is 9.66. The largest absolute Gasteiger partial charge is 0.486 e. The van der Waals surface area contributed by atoms with Crippen molar-refractivity contribution in [3.8, 4) is 11.5 Å². The number of rotatable bonds is 9. The summed E-state index contributed by atoms with van der Waals surface area (Å²) in [6.07, 6.45) is 2.66. The number of ether oxygens (including phenoxy) is 2. The summed E-state index contributed by atoms with van der Waals surface area (Å²) in [5.74, 6) is -0.159. The van der Waals surface area contributed by atoms with Crippen LogP contribution in [-0.2, 0) is 9.59 Å². The highest BCUT2D eigenvalue weighted by atomic mass is 35.5. The van der Waals surface area contributed by atoms with E-state index in [4.69, 9.17) is 44.3 Å². The second-order valence-electron chi connectivity index (χ2n) is 8.30. The molecule has 2 bridgehead atoms. The highest BCUT2D eigenvalue weighted by Crippen LogP contribution is 2.69. The summed E-state index contributed by atoms with van der Waals surface area (Å²) in [7, 11) is 0. The van der Waals surface area contributed by atoms with Gasteiger partial charge in [0.25, 0.3) is 5.91 Å². The maximum Gasteiger partial charge on any atom is 0.258 e. The predicted octanol–water partition coefficient (Wildman–Crippen LogP) is 5.24. The minimum Gasteiger partial charge on any atom is -0.486 e. The molecule has 0 radical (unpaired) electrons. The van der Waals surface area contributed by atoms with Gasteiger partial charge < -0.3 is 14.8 Å². The van der Waals surface area contributed by atoms with Gasteiger partial charge >= 0.3 is 0 Å². The summed E-state index contributed by atoms with van der Waals surface area (Å²) in [6, 6.07) is 8.86. The topological polar surface area (TPSA) is 64.6 Å². The summed E-state index contributed by atoms with van der Waals surface area (Å²) in [5.41, 5.74) is -0.331. The van der Waals surface area contributed by atoms with Gasteiger partial charge in [0.2, 0.25) is 0 Å². The van der Waals surface area contributed by atoms with Crippen molar-refractivity contribution in [3.05, 3.63) is 57.3 Å². The molecule has 0 spiro atoms. The van der Waals surface area contributed by atoms with E-state index >= 15 is 0 Å². The number of hydrogen-bond donors (Lipinski definition) is 1. The number of hydrogen-bond acceptors (Lipinski definition) is 4. The maximum absolute atomic E-state index is 13.4. The van der Waals surface area contributed by atoms with E-state index in [1.54, 1.807) is 18.2 Å². The SMILES string of the molecule is O=C(COc1ccc(Cl)c(Cl)c1)CC12CC(NC(=O)COc3ccc(Cl)c(F)c3)(C1)C2. The van der Waals surface area contributed by atoms with Gasteiger partial charge in [-0.1, -0.05) is 34.8 Å². The Balaban J connectivity index is 1.17. The van der Waals surface area contributed by atoms with Crippen LogP contribution in [0.5, 0.6) is 11.5 Å². The Labute approximate surface area is 193 Å². The van der Waals surface area contributed by atoms with Crippen molar-refractivity contribution in [2.24, 2.45) is 5.41 Å². The normalized spacial score (nSPS) is 23.4. The van der Waals surface area contributed by atoms with Crippen LogP contribution in [0.1, 0.15) is 25.7 Å². The highest BCUT2D eigenvalue weighted by Gasteiger charge is 2.68. The number of ketones is 1. The third-order valence-electron chi connectivity index (χ3n) is 5.67. The van der Waals surface area contributed by atoms with Crippen molar-refractivity contribution in [2.45, 2.75) is 31.2 Å². The molecule has 3 saturated carbocycles. The van der Waals surface area contributed by atoms with Crippen molar-refractivity contribution in [3.63, 3.8) is 0 Å². The number of Topliss-reactive ketones (excluding diaryl/α,β-unsaturated/α-hetero) is 1. The zero-order valence-electron chi connectivity index (χ0n) is 16.4. The second-order valence-corrected chi connectivity index (χ2v) is 9.53. The summed E-state index contributed by atoms with van der Waals surface area (Å²) >= 11 is 17.4. The fourth-order valence-corrected chi connectivity index (χ4v) is 4.97. The number of carbonyl (C=O) groups excluding carboxylic acids is 2. The Kier molecular flexibility index (Phi) is 6.08. The van der Waals surface area contributed by atoms with Gasteiger partial charge in [-0.3, -0.25) is 9.59 Å². The van der Waals surface area contributed by atoms with Crippen LogP contribution in [0.15, 0.2) is 36.4 Å². The van der Waals surface area contributed by atoms with Crippen LogP contribution in [0, 0.1) is 11.2 Å². The molecule has 31 heavy (non-hydrogen) atoms. The quantitative estimate of drug-likeness (QED) is 0.526. The van der Waals surface area contributed by atoms with E-state index < -0.39 is 5.82 Å². The van der Waals surface area contributed by atoms with Gasteiger partial charge in [-0.15, -0.1) is 0 Å². The third-order valence-corrected chi connectivity index (χ3v) is 6.71. The van der Waals surface area contributed by atoms with Crippen LogP contribution < -0.4 is 14.8 Å². The molecule has 0 aromatic heterocycles. The summed E-state index contributed by atoms with van der Waals surface area (Å²) in [5, 5.41) is 3.76. The molecule has 1 amide bonds. The maximum atomic E-state index is 13.4. The standard InChI is InChI=1S/C22H19Cl3FNO4/c23-16-3-1-14(5-18(16)25)30-8-13(28)7-21-10-22(11-21,12-21)27-20(29)9-31-15-2-4-17(24)19(26)6-15/h1-6H,7-12H2,(H,27,29). The number of nitrogens with one attached hydrogen (secondary N) is 1. The zero-order valence-corrected chi connectivity index (χ0v) is 18.6. The predicted molar refractivity (Wildman–Crippen MR) is 116 cm³/mol. The Hall–Kier alpha value is -2.02. The summed E-state index contributed by atoms with van der Waals surface area (Å²) < 4.78 is 24.2. The summed E-state index contributed by atoms with van der Waals surface area (Å²) in [4.78, 5) is 24.5. The first-order valence-corrected chi connectivity index (χ1v) is 10.8. The molecule has 164 valence electrons. The summed E-state index contributed by atoms with van der Waals surface area (Å²) in [6.45, 7) is -0.253. The monoisotopic (exact) mass is 485 g/mol. The van der Waals surface area contributed by atoms with Gasteiger partial charge in [-0.2, -0.15) is 0 Å². The van der Waals surface area contributed by atoms with Crippen LogP contribution in [0.4, 0.5) is 4.39 Å². The molecule has 0 unspecified atom stereocenters. The Morgan fingerprint density at radius 1 is 0.903 bits per heavy atom. The van der Waals surface area contributed by atoms with Gasteiger partial charge in [-0.05, 0) is 48.9 Å². The minimum absolute atomic E-state index is 0.00111. The Morgan fingerprint density at radius 2 is 1.52 bits per heavy atom. The lowest BCUT2D eigenvalue weighted by Gasteiger charge is -2.70. The van der Waals surface area contributed by atoms with Gasteiger partial charge in [0.05, 0.1) is 15.1 Å².